The lowest BCUT2D eigenvalue weighted by atomic mass is 10.1. The van der Waals surface area contributed by atoms with Crippen LogP contribution in [0.15, 0.2) is 29.3 Å². The molecule has 3 nitrogen and oxygen atoms in total. The van der Waals surface area contributed by atoms with E-state index < -0.39 is 0 Å². The molecular formula is C15H23N3. The number of hydrogen-bond acceptors (Lipinski definition) is 1. The fourth-order valence-electron chi connectivity index (χ4n) is 2.03. The van der Waals surface area contributed by atoms with Crippen molar-refractivity contribution in [3.05, 3.63) is 35.4 Å². The maximum atomic E-state index is 4.24. The summed E-state index contributed by atoms with van der Waals surface area (Å²) in [6.07, 6.45) is 4.10. The van der Waals surface area contributed by atoms with Crippen LogP contribution < -0.4 is 10.6 Å². The van der Waals surface area contributed by atoms with Gasteiger partial charge in [0.05, 0.1) is 0 Å². The highest BCUT2D eigenvalue weighted by atomic mass is 15.2. The smallest absolute Gasteiger partial charge is 0.191 e. The quantitative estimate of drug-likeness (QED) is 0.617. The second-order valence-electron chi connectivity index (χ2n) is 5.07. The molecule has 0 amide bonds. The Kier molecular flexibility index (Phi) is 4.62. The van der Waals surface area contributed by atoms with Crippen molar-refractivity contribution in [1.29, 1.82) is 0 Å². The fourth-order valence-corrected chi connectivity index (χ4v) is 2.03. The topological polar surface area (TPSA) is 36.4 Å². The van der Waals surface area contributed by atoms with Gasteiger partial charge in [0.2, 0.25) is 0 Å². The van der Waals surface area contributed by atoms with E-state index in [1.165, 1.54) is 30.4 Å². The third kappa shape index (κ3) is 4.40. The van der Waals surface area contributed by atoms with Crippen LogP contribution in [0.3, 0.4) is 0 Å². The van der Waals surface area contributed by atoms with Gasteiger partial charge in [-0.05, 0) is 24.8 Å². The molecule has 3 heteroatoms. The van der Waals surface area contributed by atoms with Gasteiger partial charge < -0.3 is 10.6 Å². The van der Waals surface area contributed by atoms with Crippen LogP contribution >= 0.6 is 0 Å². The highest BCUT2D eigenvalue weighted by molar-refractivity contribution is 5.79. The standard InChI is InChI=1S/C15H23N3/c1-12-4-3-5-14(10-12)11-18-15(16-2)17-9-8-13-6-7-13/h3-5,10,13H,6-9,11H2,1-2H3,(H2,16,17,18). The molecule has 1 aromatic carbocycles. The van der Waals surface area contributed by atoms with E-state index in [-0.39, 0.29) is 0 Å². The van der Waals surface area contributed by atoms with Crippen molar-refractivity contribution in [2.75, 3.05) is 13.6 Å². The summed E-state index contributed by atoms with van der Waals surface area (Å²) in [6.45, 7) is 3.97. The maximum absolute atomic E-state index is 4.24. The molecule has 1 aliphatic carbocycles. The van der Waals surface area contributed by atoms with Crippen LogP contribution in [0, 0.1) is 12.8 Å². The summed E-state index contributed by atoms with van der Waals surface area (Å²) in [5, 5.41) is 6.71. The van der Waals surface area contributed by atoms with E-state index >= 15 is 0 Å². The van der Waals surface area contributed by atoms with Crippen LogP contribution in [0.2, 0.25) is 0 Å². The summed E-state index contributed by atoms with van der Waals surface area (Å²) < 4.78 is 0. The number of aryl methyl sites for hydroxylation is 1. The van der Waals surface area contributed by atoms with Gasteiger partial charge in [-0.25, -0.2) is 0 Å². The Hall–Kier alpha value is -1.51. The molecule has 0 aromatic heterocycles. The van der Waals surface area contributed by atoms with Crippen molar-refractivity contribution in [2.45, 2.75) is 32.7 Å². The Bertz CT molecular complexity index is 408. The van der Waals surface area contributed by atoms with Gasteiger partial charge in [0.25, 0.3) is 0 Å². The van der Waals surface area contributed by atoms with E-state index in [9.17, 15) is 0 Å². The lowest BCUT2D eigenvalue weighted by molar-refractivity contribution is 0.684. The summed E-state index contributed by atoms with van der Waals surface area (Å²) in [5.74, 6) is 1.87. The maximum Gasteiger partial charge on any atom is 0.191 e. The van der Waals surface area contributed by atoms with E-state index in [2.05, 4.69) is 46.8 Å². The molecule has 0 unspecified atom stereocenters. The number of nitrogens with zero attached hydrogens (tertiary/aromatic N) is 1. The van der Waals surface area contributed by atoms with Crippen molar-refractivity contribution >= 4 is 5.96 Å². The number of benzene rings is 1. The van der Waals surface area contributed by atoms with E-state index in [1.54, 1.807) is 0 Å². The first-order valence-electron chi connectivity index (χ1n) is 6.78. The van der Waals surface area contributed by atoms with Gasteiger partial charge in [-0.1, -0.05) is 42.7 Å². The average molecular weight is 245 g/mol. The molecule has 1 fully saturated rings. The molecule has 98 valence electrons. The van der Waals surface area contributed by atoms with Gasteiger partial charge in [-0.3, -0.25) is 4.99 Å². The van der Waals surface area contributed by atoms with Crippen molar-refractivity contribution in [1.82, 2.24) is 10.6 Å². The molecule has 18 heavy (non-hydrogen) atoms. The molecule has 0 saturated heterocycles. The van der Waals surface area contributed by atoms with Crippen LogP contribution in [-0.2, 0) is 6.54 Å². The normalized spacial score (nSPS) is 15.6. The zero-order valence-corrected chi connectivity index (χ0v) is 11.4. The van der Waals surface area contributed by atoms with Gasteiger partial charge in [0, 0.05) is 20.1 Å². The third-order valence-corrected chi connectivity index (χ3v) is 3.31. The predicted molar refractivity (Wildman–Crippen MR) is 76.7 cm³/mol. The van der Waals surface area contributed by atoms with Crippen LogP contribution in [0.4, 0.5) is 0 Å². The van der Waals surface area contributed by atoms with E-state index in [1.807, 2.05) is 7.05 Å². The minimum Gasteiger partial charge on any atom is -0.356 e. The summed E-state index contributed by atoms with van der Waals surface area (Å²) >= 11 is 0. The van der Waals surface area contributed by atoms with Crippen molar-refractivity contribution in [2.24, 2.45) is 10.9 Å². The largest absolute Gasteiger partial charge is 0.356 e. The Morgan fingerprint density at radius 3 is 2.83 bits per heavy atom. The first-order chi connectivity index (χ1) is 8.78. The van der Waals surface area contributed by atoms with Gasteiger partial charge in [-0.15, -0.1) is 0 Å². The zero-order chi connectivity index (χ0) is 12.8. The Balaban J connectivity index is 1.72. The third-order valence-electron chi connectivity index (χ3n) is 3.31. The second kappa shape index (κ2) is 6.43. The molecule has 1 aliphatic rings. The first-order valence-corrected chi connectivity index (χ1v) is 6.78. The number of nitrogens with one attached hydrogen (secondary N) is 2. The average Bonchev–Trinajstić information content (AvgIpc) is 3.17. The molecule has 2 rings (SSSR count). The van der Waals surface area contributed by atoms with E-state index in [4.69, 9.17) is 0 Å². The number of hydrogen-bond donors (Lipinski definition) is 2. The van der Waals surface area contributed by atoms with Gasteiger partial charge in [0.1, 0.15) is 0 Å². The summed E-state index contributed by atoms with van der Waals surface area (Å²) in [4.78, 5) is 4.24. The molecule has 1 saturated carbocycles. The molecule has 2 N–H and O–H groups in total. The highest BCUT2D eigenvalue weighted by Gasteiger charge is 2.20. The van der Waals surface area contributed by atoms with Crippen LogP contribution in [0.5, 0.6) is 0 Å². The molecule has 0 bridgehead atoms. The molecule has 1 aromatic rings. The van der Waals surface area contributed by atoms with Crippen LogP contribution in [-0.4, -0.2) is 19.6 Å². The van der Waals surface area contributed by atoms with Crippen LogP contribution in [0.25, 0.3) is 0 Å². The van der Waals surface area contributed by atoms with Gasteiger partial charge in [-0.2, -0.15) is 0 Å². The Morgan fingerprint density at radius 2 is 2.17 bits per heavy atom. The number of guanidine groups is 1. The summed E-state index contributed by atoms with van der Waals surface area (Å²) in [5.41, 5.74) is 2.59. The highest BCUT2D eigenvalue weighted by Crippen LogP contribution is 2.31. The lowest BCUT2D eigenvalue weighted by Gasteiger charge is -2.12. The number of rotatable bonds is 5. The SMILES string of the molecule is CN=C(NCCC1CC1)NCc1cccc(C)c1. The molecule has 0 spiro atoms. The minimum absolute atomic E-state index is 0.824. The minimum atomic E-state index is 0.824. The first kappa shape index (κ1) is 12.9. The number of aliphatic imine (C=N–C) groups is 1. The molecule has 0 radical (unpaired) electrons. The van der Waals surface area contributed by atoms with Crippen molar-refractivity contribution < 1.29 is 0 Å². The Morgan fingerprint density at radius 1 is 1.33 bits per heavy atom. The summed E-state index contributed by atoms with van der Waals surface area (Å²) in [7, 11) is 1.82. The molecule has 0 atom stereocenters. The zero-order valence-electron chi connectivity index (χ0n) is 11.4. The molecule has 0 heterocycles. The predicted octanol–water partition coefficient (Wildman–Crippen LogP) is 2.46. The fraction of sp³-hybridized carbons (Fsp3) is 0.533. The van der Waals surface area contributed by atoms with Crippen LogP contribution in [0.1, 0.15) is 30.4 Å². The summed E-state index contributed by atoms with van der Waals surface area (Å²) in [6, 6.07) is 8.55. The van der Waals surface area contributed by atoms with E-state index in [0.29, 0.717) is 0 Å². The van der Waals surface area contributed by atoms with Gasteiger partial charge >= 0.3 is 0 Å². The molecular weight excluding hydrogens is 222 g/mol. The Labute approximate surface area is 110 Å². The van der Waals surface area contributed by atoms with Crippen molar-refractivity contribution in [3.63, 3.8) is 0 Å². The van der Waals surface area contributed by atoms with Gasteiger partial charge in [0.15, 0.2) is 5.96 Å². The lowest BCUT2D eigenvalue weighted by Crippen LogP contribution is -2.37. The monoisotopic (exact) mass is 245 g/mol. The van der Waals surface area contributed by atoms with Crippen molar-refractivity contribution in [3.8, 4) is 0 Å². The van der Waals surface area contributed by atoms with E-state index in [0.717, 1.165) is 25.0 Å². The second-order valence-corrected chi connectivity index (χ2v) is 5.07. The molecule has 0 aliphatic heterocycles.